The first-order valence-electron chi connectivity index (χ1n) is 5.36. The van der Waals surface area contributed by atoms with E-state index < -0.39 is 0 Å². The van der Waals surface area contributed by atoms with Gasteiger partial charge in [-0.2, -0.15) is 0 Å². The quantitative estimate of drug-likeness (QED) is 0.749. The van der Waals surface area contributed by atoms with Crippen molar-refractivity contribution in [3.05, 3.63) is 35.1 Å². The largest absolute Gasteiger partial charge is 0.345 e. The number of halogens is 1. The van der Waals surface area contributed by atoms with Crippen LogP contribution in [0.3, 0.4) is 0 Å². The molecule has 15 heavy (non-hydrogen) atoms. The Morgan fingerprint density at radius 1 is 1.33 bits per heavy atom. The van der Waals surface area contributed by atoms with E-state index >= 15 is 0 Å². The summed E-state index contributed by atoms with van der Waals surface area (Å²) in [6.45, 7) is 0. The van der Waals surface area contributed by atoms with Crippen LogP contribution in [0.1, 0.15) is 41.2 Å². The molecule has 0 aromatic heterocycles. The van der Waals surface area contributed by atoms with Crippen molar-refractivity contribution in [2.24, 2.45) is 5.92 Å². The Morgan fingerprint density at radius 3 is 2.80 bits per heavy atom. The molecule has 2 aliphatic rings. The number of nitrogens with one attached hydrogen (secondary N) is 1. The molecule has 3 rings (SSSR count). The van der Waals surface area contributed by atoms with E-state index in [1.165, 1.54) is 18.6 Å². The zero-order valence-electron chi connectivity index (χ0n) is 8.29. The van der Waals surface area contributed by atoms with Crippen LogP contribution in [0.15, 0.2) is 18.2 Å². The molecule has 3 heteroatoms. The van der Waals surface area contributed by atoms with Crippen LogP contribution >= 0.6 is 0 Å². The number of hydrogen-bond acceptors (Lipinski definition) is 1. The van der Waals surface area contributed by atoms with E-state index in [0.717, 1.165) is 18.4 Å². The van der Waals surface area contributed by atoms with Crippen molar-refractivity contribution in [3.63, 3.8) is 0 Å². The molecule has 1 aliphatic heterocycles. The lowest BCUT2D eigenvalue weighted by atomic mass is 9.77. The molecular formula is C12H12FNO. The average Bonchev–Trinajstić information content (AvgIpc) is 2.41. The number of carbonyl (C=O) groups excluding carboxylic acids is 1. The van der Waals surface area contributed by atoms with E-state index in [2.05, 4.69) is 5.32 Å². The molecular weight excluding hydrogens is 193 g/mol. The van der Waals surface area contributed by atoms with Crippen LogP contribution in [0.5, 0.6) is 0 Å². The summed E-state index contributed by atoms with van der Waals surface area (Å²) >= 11 is 0. The fourth-order valence-electron chi connectivity index (χ4n) is 2.44. The van der Waals surface area contributed by atoms with Crippen molar-refractivity contribution < 1.29 is 9.18 Å². The van der Waals surface area contributed by atoms with E-state index in [1.807, 2.05) is 0 Å². The molecule has 0 spiro atoms. The summed E-state index contributed by atoms with van der Waals surface area (Å²) in [6, 6.07) is 4.48. The van der Waals surface area contributed by atoms with Gasteiger partial charge >= 0.3 is 0 Å². The maximum absolute atomic E-state index is 13.1. The molecule has 0 saturated heterocycles. The van der Waals surface area contributed by atoms with Gasteiger partial charge in [0.05, 0.1) is 6.04 Å². The smallest absolute Gasteiger partial charge is 0.252 e. The molecule has 1 aromatic carbocycles. The van der Waals surface area contributed by atoms with Crippen molar-refractivity contribution in [3.8, 4) is 0 Å². The van der Waals surface area contributed by atoms with Crippen LogP contribution < -0.4 is 5.32 Å². The summed E-state index contributed by atoms with van der Waals surface area (Å²) < 4.78 is 13.1. The van der Waals surface area contributed by atoms with Gasteiger partial charge < -0.3 is 5.32 Å². The standard InChI is InChI=1S/C12H12FNO/c13-8-4-5-9-10(6-8)11(14-12(9)15)7-2-1-3-7/h4-7,11H,1-3H2,(H,14,15). The van der Waals surface area contributed by atoms with E-state index in [-0.39, 0.29) is 17.8 Å². The Labute approximate surface area is 87.5 Å². The highest BCUT2D eigenvalue weighted by Crippen LogP contribution is 2.41. The number of rotatable bonds is 1. The molecule has 1 aliphatic carbocycles. The highest BCUT2D eigenvalue weighted by atomic mass is 19.1. The highest BCUT2D eigenvalue weighted by Gasteiger charge is 2.36. The van der Waals surface area contributed by atoms with Crippen LogP contribution in [0, 0.1) is 11.7 Å². The SMILES string of the molecule is O=C1NC(C2CCC2)c2cc(F)ccc21. The Morgan fingerprint density at radius 2 is 2.13 bits per heavy atom. The molecule has 0 radical (unpaired) electrons. The van der Waals surface area contributed by atoms with Crippen LogP contribution in [0.25, 0.3) is 0 Å². The Bertz CT molecular complexity index is 426. The van der Waals surface area contributed by atoms with Crippen LogP contribution in [0.2, 0.25) is 0 Å². The van der Waals surface area contributed by atoms with E-state index in [9.17, 15) is 9.18 Å². The summed E-state index contributed by atoms with van der Waals surface area (Å²) in [5.41, 5.74) is 1.50. The van der Waals surface area contributed by atoms with Crippen molar-refractivity contribution in [2.45, 2.75) is 25.3 Å². The fourth-order valence-corrected chi connectivity index (χ4v) is 2.44. The summed E-state index contributed by atoms with van der Waals surface area (Å²) in [7, 11) is 0. The van der Waals surface area contributed by atoms with Crippen molar-refractivity contribution in [2.75, 3.05) is 0 Å². The second kappa shape index (κ2) is 3.05. The first kappa shape index (κ1) is 8.89. The maximum Gasteiger partial charge on any atom is 0.252 e. The molecule has 1 unspecified atom stereocenters. The van der Waals surface area contributed by atoms with Crippen LogP contribution in [-0.4, -0.2) is 5.91 Å². The molecule has 2 nitrogen and oxygen atoms in total. The average molecular weight is 205 g/mol. The second-order valence-electron chi connectivity index (χ2n) is 4.37. The number of hydrogen-bond donors (Lipinski definition) is 1. The minimum absolute atomic E-state index is 0.0527. The van der Waals surface area contributed by atoms with Gasteiger partial charge in [0.25, 0.3) is 5.91 Å². The molecule has 1 N–H and O–H groups in total. The zero-order valence-corrected chi connectivity index (χ0v) is 8.29. The van der Waals surface area contributed by atoms with Gasteiger partial charge in [-0.15, -0.1) is 0 Å². The Balaban J connectivity index is 2.03. The van der Waals surface area contributed by atoms with Crippen molar-refractivity contribution >= 4 is 5.91 Å². The Hall–Kier alpha value is -1.38. The van der Waals surface area contributed by atoms with Gasteiger partial charge in [0.15, 0.2) is 0 Å². The first-order valence-corrected chi connectivity index (χ1v) is 5.36. The van der Waals surface area contributed by atoms with Crippen LogP contribution in [0.4, 0.5) is 4.39 Å². The second-order valence-corrected chi connectivity index (χ2v) is 4.37. The van der Waals surface area contributed by atoms with E-state index in [1.54, 1.807) is 6.07 Å². The Kier molecular flexibility index (Phi) is 1.81. The summed E-state index contributed by atoms with van der Waals surface area (Å²) in [4.78, 5) is 11.6. The lowest BCUT2D eigenvalue weighted by Gasteiger charge is -2.31. The van der Waals surface area contributed by atoms with E-state index in [0.29, 0.717) is 11.5 Å². The molecule has 1 amide bonds. The maximum atomic E-state index is 13.1. The third-order valence-electron chi connectivity index (χ3n) is 3.50. The van der Waals surface area contributed by atoms with Gasteiger partial charge in [-0.25, -0.2) is 4.39 Å². The molecule has 1 saturated carbocycles. The summed E-state index contributed by atoms with van der Waals surface area (Å²) in [6.07, 6.45) is 3.50. The predicted molar refractivity (Wildman–Crippen MR) is 53.9 cm³/mol. The van der Waals surface area contributed by atoms with Gasteiger partial charge in [-0.3, -0.25) is 4.79 Å². The number of carbonyl (C=O) groups is 1. The minimum Gasteiger partial charge on any atom is -0.345 e. The molecule has 1 heterocycles. The minimum atomic E-state index is -0.255. The zero-order chi connectivity index (χ0) is 10.4. The molecule has 1 atom stereocenters. The number of benzene rings is 1. The first-order chi connectivity index (χ1) is 7.25. The predicted octanol–water partition coefficient (Wildman–Crippen LogP) is 2.41. The van der Waals surface area contributed by atoms with Gasteiger partial charge in [-0.1, -0.05) is 6.42 Å². The molecule has 78 valence electrons. The number of fused-ring (bicyclic) bond motifs is 1. The third kappa shape index (κ3) is 1.26. The third-order valence-corrected chi connectivity index (χ3v) is 3.50. The lowest BCUT2D eigenvalue weighted by molar-refractivity contribution is 0.0932. The van der Waals surface area contributed by atoms with Gasteiger partial charge in [-0.05, 0) is 42.5 Å². The monoisotopic (exact) mass is 205 g/mol. The van der Waals surface area contributed by atoms with Gasteiger partial charge in [0, 0.05) is 5.56 Å². The molecule has 1 fully saturated rings. The van der Waals surface area contributed by atoms with Gasteiger partial charge in [0.1, 0.15) is 5.82 Å². The highest BCUT2D eigenvalue weighted by molar-refractivity contribution is 5.99. The van der Waals surface area contributed by atoms with Crippen molar-refractivity contribution in [1.82, 2.24) is 5.32 Å². The number of amides is 1. The van der Waals surface area contributed by atoms with Crippen molar-refractivity contribution in [1.29, 1.82) is 0 Å². The fraction of sp³-hybridized carbons (Fsp3) is 0.417. The molecule has 1 aromatic rings. The summed E-state index contributed by atoms with van der Waals surface area (Å²) in [5.74, 6) is 0.202. The molecule has 0 bridgehead atoms. The van der Waals surface area contributed by atoms with E-state index in [4.69, 9.17) is 0 Å². The lowest BCUT2D eigenvalue weighted by Crippen LogP contribution is -2.29. The topological polar surface area (TPSA) is 29.1 Å². The van der Waals surface area contributed by atoms with Crippen LogP contribution in [-0.2, 0) is 0 Å². The summed E-state index contributed by atoms with van der Waals surface area (Å²) in [5, 5.41) is 2.94. The van der Waals surface area contributed by atoms with Gasteiger partial charge in [0.2, 0.25) is 0 Å². The normalized spacial score (nSPS) is 24.6.